The maximum atomic E-state index is 11.9. The first-order chi connectivity index (χ1) is 8.97. The number of aliphatic hydroxyl groups is 1. The zero-order valence-corrected chi connectivity index (χ0v) is 10.2. The molecule has 0 bridgehead atoms. The number of aliphatic hydroxyl groups excluding tert-OH is 1. The second-order valence-electron chi connectivity index (χ2n) is 4.41. The summed E-state index contributed by atoms with van der Waals surface area (Å²) in [6.45, 7) is -0.864. The van der Waals surface area contributed by atoms with Crippen molar-refractivity contribution in [3.8, 4) is 5.75 Å². The van der Waals surface area contributed by atoms with Crippen LogP contribution < -0.4 is 4.74 Å². The maximum Gasteiger partial charge on any atom is 0.411 e. The molecular formula is C13H15F3O3. The van der Waals surface area contributed by atoms with Gasteiger partial charge >= 0.3 is 6.18 Å². The minimum Gasteiger partial charge on any atom is -0.493 e. The van der Waals surface area contributed by atoms with Crippen molar-refractivity contribution in [2.75, 3.05) is 19.8 Å². The van der Waals surface area contributed by atoms with Crippen molar-refractivity contribution in [1.29, 1.82) is 0 Å². The zero-order valence-electron chi connectivity index (χ0n) is 10.2. The molecule has 1 heterocycles. The third kappa shape index (κ3) is 3.84. The lowest BCUT2D eigenvalue weighted by Gasteiger charge is -2.15. The van der Waals surface area contributed by atoms with Gasteiger partial charge in [-0.05, 0) is 5.56 Å². The number of alkyl halides is 3. The Kier molecular flexibility index (Phi) is 4.31. The summed E-state index contributed by atoms with van der Waals surface area (Å²) in [4.78, 5) is 0. The van der Waals surface area contributed by atoms with Gasteiger partial charge in [0.25, 0.3) is 0 Å². The Morgan fingerprint density at radius 2 is 2.16 bits per heavy atom. The minimum atomic E-state index is -4.33. The molecule has 19 heavy (non-hydrogen) atoms. The predicted octanol–water partition coefficient (Wildman–Crippen LogP) is 2.62. The molecule has 1 aromatic rings. The van der Waals surface area contributed by atoms with E-state index < -0.39 is 18.9 Å². The standard InChI is InChI=1S/C13H15F3O3/c14-13(15,16)8-18-6-5-11(17)10-3-1-2-9-4-7-19-12(9)10/h1-3,11,17H,4-8H2. The number of benzene rings is 1. The largest absolute Gasteiger partial charge is 0.493 e. The Balaban J connectivity index is 1.87. The Morgan fingerprint density at radius 1 is 1.37 bits per heavy atom. The van der Waals surface area contributed by atoms with Gasteiger partial charge in [0.2, 0.25) is 0 Å². The molecule has 1 N–H and O–H groups in total. The number of para-hydroxylation sites is 1. The topological polar surface area (TPSA) is 38.7 Å². The van der Waals surface area contributed by atoms with E-state index >= 15 is 0 Å². The summed E-state index contributed by atoms with van der Waals surface area (Å²) < 4.78 is 45.5. The van der Waals surface area contributed by atoms with Gasteiger partial charge < -0.3 is 14.6 Å². The highest BCUT2D eigenvalue weighted by atomic mass is 19.4. The van der Waals surface area contributed by atoms with Crippen LogP contribution >= 0.6 is 0 Å². The van der Waals surface area contributed by atoms with Crippen LogP contribution in [0.5, 0.6) is 5.75 Å². The lowest BCUT2D eigenvalue weighted by molar-refractivity contribution is -0.175. The SMILES string of the molecule is OC(CCOCC(F)(F)F)c1cccc2c1OCC2. The molecule has 106 valence electrons. The van der Waals surface area contributed by atoms with Crippen LogP contribution in [-0.4, -0.2) is 31.1 Å². The van der Waals surface area contributed by atoms with Crippen LogP contribution in [0.3, 0.4) is 0 Å². The van der Waals surface area contributed by atoms with Crippen molar-refractivity contribution in [2.24, 2.45) is 0 Å². The van der Waals surface area contributed by atoms with E-state index in [2.05, 4.69) is 4.74 Å². The number of hydrogen-bond donors (Lipinski definition) is 1. The molecule has 2 rings (SSSR count). The van der Waals surface area contributed by atoms with Crippen LogP contribution in [-0.2, 0) is 11.2 Å². The fraction of sp³-hybridized carbons (Fsp3) is 0.538. The lowest BCUT2D eigenvalue weighted by Crippen LogP contribution is -2.18. The highest BCUT2D eigenvalue weighted by Crippen LogP contribution is 2.34. The molecule has 0 radical (unpaired) electrons. The van der Waals surface area contributed by atoms with E-state index in [1.54, 1.807) is 6.07 Å². The molecule has 0 fully saturated rings. The Hall–Kier alpha value is -1.27. The van der Waals surface area contributed by atoms with E-state index in [1.807, 2.05) is 12.1 Å². The van der Waals surface area contributed by atoms with Crippen LogP contribution in [0.15, 0.2) is 18.2 Å². The van der Waals surface area contributed by atoms with Crippen LogP contribution in [0, 0.1) is 0 Å². The van der Waals surface area contributed by atoms with Gasteiger partial charge in [0, 0.05) is 25.0 Å². The Morgan fingerprint density at radius 3 is 2.89 bits per heavy atom. The minimum absolute atomic E-state index is 0.107. The van der Waals surface area contributed by atoms with Gasteiger partial charge in [-0.25, -0.2) is 0 Å². The van der Waals surface area contributed by atoms with E-state index in [0.717, 1.165) is 12.0 Å². The second kappa shape index (κ2) is 5.79. The first kappa shape index (κ1) is 14.1. The van der Waals surface area contributed by atoms with Crippen molar-refractivity contribution < 1.29 is 27.8 Å². The number of ether oxygens (including phenoxy) is 2. The van der Waals surface area contributed by atoms with Crippen molar-refractivity contribution in [2.45, 2.75) is 25.1 Å². The van der Waals surface area contributed by atoms with E-state index in [0.29, 0.717) is 17.9 Å². The number of halogens is 3. The van der Waals surface area contributed by atoms with Gasteiger partial charge in [-0.1, -0.05) is 18.2 Å². The zero-order chi connectivity index (χ0) is 13.9. The third-order valence-electron chi connectivity index (χ3n) is 2.91. The van der Waals surface area contributed by atoms with Gasteiger partial charge in [0.1, 0.15) is 12.4 Å². The molecule has 0 aliphatic carbocycles. The third-order valence-corrected chi connectivity index (χ3v) is 2.91. The first-order valence-electron chi connectivity index (χ1n) is 6.04. The molecule has 1 unspecified atom stereocenters. The average Bonchev–Trinajstić information content (AvgIpc) is 2.81. The van der Waals surface area contributed by atoms with Gasteiger partial charge in [-0.15, -0.1) is 0 Å². The number of hydrogen-bond acceptors (Lipinski definition) is 3. The van der Waals surface area contributed by atoms with Crippen molar-refractivity contribution in [1.82, 2.24) is 0 Å². The van der Waals surface area contributed by atoms with Crippen LogP contribution in [0.4, 0.5) is 13.2 Å². The predicted molar refractivity (Wildman–Crippen MR) is 62.1 cm³/mol. The van der Waals surface area contributed by atoms with Crippen LogP contribution in [0.1, 0.15) is 23.7 Å². The normalized spacial score (nSPS) is 16.0. The molecule has 0 aromatic heterocycles. The lowest BCUT2D eigenvalue weighted by atomic mass is 10.0. The van der Waals surface area contributed by atoms with Crippen molar-refractivity contribution in [3.05, 3.63) is 29.3 Å². The van der Waals surface area contributed by atoms with E-state index in [9.17, 15) is 18.3 Å². The van der Waals surface area contributed by atoms with Gasteiger partial charge in [0.05, 0.1) is 12.7 Å². The van der Waals surface area contributed by atoms with Crippen molar-refractivity contribution in [3.63, 3.8) is 0 Å². The second-order valence-corrected chi connectivity index (χ2v) is 4.41. The van der Waals surface area contributed by atoms with Crippen LogP contribution in [0.25, 0.3) is 0 Å². The smallest absolute Gasteiger partial charge is 0.411 e. The van der Waals surface area contributed by atoms with Crippen LogP contribution in [0.2, 0.25) is 0 Å². The molecular weight excluding hydrogens is 261 g/mol. The molecule has 3 nitrogen and oxygen atoms in total. The summed E-state index contributed by atoms with van der Waals surface area (Å²) >= 11 is 0. The van der Waals surface area contributed by atoms with Crippen molar-refractivity contribution >= 4 is 0 Å². The molecule has 0 amide bonds. The first-order valence-corrected chi connectivity index (χ1v) is 6.04. The summed E-state index contributed by atoms with van der Waals surface area (Å²) in [6.07, 6.45) is -4.31. The molecule has 1 aliphatic heterocycles. The Labute approximate surface area is 108 Å². The van der Waals surface area contributed by atoms with Gasteiger partial charge in [-0.3, -0.25) is 0 Å². The fourth-order valence-corrected chi connectivity index (χ4v) is 2.04. The molecule has 6 heteroatoms. The molecule has 1 aliphatic rings. The van der Waals surface area contributed by atoms with E-state index in [1.165, 1.54) is 0 Å². The monoisotopic (exact) mass is 276 g/mol. The molecule has 1 aromatic carbocycles. The summed E-state index contributed by atoms with van der Waals surface area (Å²) in [6, 6.07) is 5.44. The summed E-state index contributed by atoms with van der Waals surface area (Å²) in [7, 11) is 0. The van der Waals surface area contributed by atoms with Gasteiger partial charge in [0.15, 0.2) is 0 Å². The van der Waals surface area contributed by atoms with E-state index in [4.69, 9.17) is 4.74 Å². The van der Waals surface area contributed by atoms with E-state index in [-0.39, 0.29) is 13.0 Å². The summed E-state index contributed by atoms with van der Waals surface area (Å²) in [5.41, 5.74) is 1.64. The molecule has 0 saturated heterocycles. The Bertz CT molecular complexity index is 432. The quantitative estimate of drug-likeness (QED) is 0.840. The molecule has 0 saturated carbocycles. The molecule has 1 atom stereocenters. The fourth-order valence-electron chi connectivity index (χ4n) is 2.04. The maximum absolute atomic E-state index is 11.9. The number of rotatable bonds is 5. The molecule has 0 spiro atoms. The number of fused-ring (bicyclic) bond motifs is 1. The highest BCUT2D eigenvalue weighted by Gasteiger charge is 2.27. The average molecular weight is 276 g/mol. The summed E-state index contributed by atoms with van der Waals surface area (Å²) in [5.74, 6) is 0.658. The summed E-state index contributed by atoms with van der Waals surface area (Å²) in [5, 5.41) is 9.97. The highest BCUT2D eigenvalue weighted by molar-refractivity contribution is 5.45. The van der Waals surface area contributed by atoms with Gasteiger partial charge in [-0.2, -0.15) is 13.2 Å².